The Bertz CT molecular complexity index is 318. The van der Waals surface area contributed by atoms with Crippen molar-refractivity contribution in [2.45, 2.75) is 0 Å². The maximum atomic E-state index is 11.0. The van der Waals surface area contributed by atoms with E-state index in [0.717, 1.165) is 0 Å². The summed E-state index contributed by atoms with van der Waals surface area (Å²) in [6.45, 7) is 0. The van der Waals surface area contributed by atoms with Gasteiger partial charge in [0.25, 0.3) is 0 Å². The summed E-state index contributed by atoms with van der Waals surface area (Å²) in [4.78, 5) is 18.3. The minimum atomic E-state index is -0.550. The van der Waals surface area contributed by atoms with Gasteiger partial charge in [-0.25, -0.2) is 14.8 Å². The van der Waals surface area contributed by atoms with E-state index in [1.54, 1.807) is 0 Å². The van der Waals surface area contributed by atoms with Crippen molar-refractivity contribution in [1.82, 2.24) is 9.97 Å². The van der Waals surface area contributed by atoms with Crippen molar-refractivity contribution in [2.24, 2.45) is 0 Å². The van der Waals surface area contributed by atoms with Gasteiger partial charge in [-0.05, 0) is 27.5 Å². The third-order valence-electron chi connectivity index (χ3n) is 1.09. The lowest BCUT2D eigenvalue weighted by Gasteiger charge is -1.99. The van der Waals surface area contributed by atoms with Gasteiger partial charge in [0.2, 0.25) is 5.28 Å². The van der Waals surface area contributed by atoms with E-state index in [4.69, 9.17) is 11.6 Å². The van der Waals surface area contributed by atoms with Gasteiger partial charge in [0, 0.05) is 6.20 Å². The SMILES string of the molecule is COC(=O)c1nc(Cl)ncc1Br. The molecule has 64 valence electrons. The van der Waals surface area contributed by atoms with Crippen molar-refractivity contribution in [2.75, 3.05) is 7.11 Å². The van der Waals surface area contributed by atoms with E-state index in [0.29, 0.717) is 4.47 Å². The predicted octanol–water partition coefficient (Wildman–Crippen LogP) is 1.68. The number of hydrogen-bond acceptors (Lipinski definition) is 4. The Morgan fingerprint density at radius 1 is 1.75 bits per heavy atom. The van der Waals surface area contributed by atoms with Gasteiger partial charge in [0.15, 0.2) is 5.69 Å². The molecule has 0 saturated heterocycles. The Hall–Kier alpha value is -0.680. The molecule has 0 aliphatic carbocycles. The molecule has 0 aromatic carbocycles. The van der Waals surface area contributed by atoms with Crippen molar-refractivity contribution in [3.05, 3.63) is 21.6 Å². The number of hydrogen-bond donors (Lipinski definition) is 0. The van der Waals surface area contributed by atoms with Crippen LogP contribution in [0.3, 0.4) is 0 Å². The zero-order valence-electron chi connectivity index (χ0n) is 6.04. The van der Waals surface area contributed by atoms with Crippen LogP contribution in [0, 0.1) is 0 Å². The highest BCUT2D eigenvalue weighted by atomic mass is 79.9. The van der Waals surface area contributed by atoms with Crippen molar-refractivity contribution in [3.63, 3.8) is 0 Å². The fraction of sp³-hybridized carbons (Fsp3) is 0.167. The zero-order chi connectivity index (χ0) is 9.14. The Labute approximate surface area is 82.0 Å². The molecule has 1 heterocycles. The number of rotatable bonds is 1. The molecule has 0 atom stereocenters. The van der Waals surface area contributed by atoms with Crippen molar-refractivity contribution < 1.29 is 9.53 Å². The molecule has 1 aromatic rings. The van der Waals surface area contributed by atoms with Crippen LogP contribution in [0.15, 0.2) is 10.7 Å². The average molecular weight is 251 g/mol. The van der Waals surface area contributed by atoms with E-state index >= 15 is 0 Å². The van der Waals surface area contributed by atoms with Crippen LogP contribution < -0.4 is 0 Å². The molecule has 0 fully saturated rings. The van der Waals surface area contributed by atoms with Crippen LogP contribution in [0.2, 0.25) is 5.28 Å². The van der Waals surface area contributed by atoms with Crippen LogP contribution >= 0.6 is 27.5 Å². The minimum Gasteiger partial charge on any atom is -0.464 e. The highest BCUT2D eigenvalue weighted by Gasteiger charge is 2.12. The first-order valence-electron chi connectivity index (χ1n) is 2.91. The summed E-state index contributed by atoms with van der Waals surface area (Å²) in [5.41, 5.74) is 0.123. The second-order valence-electron chi connectivity index (χ2n) is 1.83. The smallest absolute Gasteiger partial charge is 0.358 e. The predicted molar refractivity (Wildman–Crippen MR) is 46.1 cm³/mol. The molecular weight excluding hydrogens is 247 g/mol. The first-order chi connectivity index (χ1) is 5.65. The Morgan fingerprint density at radius 3 is 3.00 bits per heavy atom. The number of esters is 1. The standard InChI is InChI=1S/C6H4BrClN2O2/c1-12-5(11)4-3(7)2-9-6(8)10-4/h2H,1H3. The van der Waals surface area contributed by atoms with Crippen molar-refractivity contribution in [3.8, 4) is 0 Å². The number of halogens is 2. The van der Waals surface area contributed by atoms with Crippen LogP contribution in [0.25, 0.3) is 0 Å². The second-order valence-corrected chi connectivity index (χ2v) is 3.02. The maximum absolute atomic E-state index is 11.0. The highest BCUT2D eigenvalue weighted by Crippen LogP contribution is 2.15. The van der Waals surface area contributed by atoms with Crippen LogP contribution in [0.4, 0.5) is 0 Å². The molecule has 0 amide bonds. The number of carbonyl (C=O) groups excluding carboxylic acids is 1. The van der Waals surface area contributed by atoms with E-state index < -0.39 is 5.97 Å². The third-order valence-corrected chi connectivity index (χ3v) is 1.86. The van der Waals surface area contributed by atoms with Gasteiger partial charge in [-0.2, -0.15) is 0 Å². The molecule has 1 aromatic heterocycles. The van der Waals surface area contributed by atoms with Gasteiger partial charge in [0.05, 0.1) is 11.6 Å². The fourth-order valence-electron chi connectivity index (χ4n) is 0.585. The highest BCUT2D eigenvalue weighted by molar-refractivity contribution is 9.10. The largest absolute Gasteiger partial charge is 0.464 e. The van der Waals surface area contributed by atoms with Gasteiger partial charge in [0.1, 0.15) is 0 Å². The monoisotopic (exact) mass is 250 g/mol. The van der Waals surface area contributed by atoms with Crippen LogP contribution in [0.1, 0.15) is 10.5 Å². The van der Waals surface area contributed by atoms with Gasteiger partial charge >= 0.3 is 5.97 Å². The van der Waals surface area contributed by atoms with E-state index in [2.05, 4.69) is 30.6 Å². The van der Waals surface area contributed by atoms with E-state index in [-0.39, 0.29) is 11.0 Å². The van der Waals surface area contributed by atoms with E-state index in [9.17, 15) is 4.79 Å². The zero-order valence-corrected chi connectivity index (χ0v) is 8.39. The number of aromatic nitrogens is 2. The lowest BCUT2D eigenvalue weighted by atomic mass is 10.4. The topological polar surface area (TPSA) is 52.1 Å². The van der Waals surface area contributed by atoms with Crippen LogP contribution in [0.5, 0.6) is 0 Å². The third kappa shape index (κ3) is 1.92. The van der Waals surface area contributed by atoms with Gasteiger partial charge in [-0.15, -0.1) is 0 Å². The molecule has 0 aliphatic heterocycles. The fourth-order valence-corrected chi connectivity index (χ4v) is 1.07. The van der Waals surface area contributed by atoms with Gasteiger partial charge in [-0.3, -0.25) is 0 Å². The number of carbonyl (C=O) groups is 1. The quantitative estimate of drug-likeness (QED) is 0.563. The minimum absolute atomic E-state index is 0.0126. The summed E-state index contributed by atoms with van der Waals surface area (Å²) in [5, 5.41) is 0.0126. The molecule has 0 unspecified atom stereocenters. The Kier molecular flexibility index (Phi) is 2.99. The van der Waals surface area contributed by atoms with Crippen molar-refractivity contribution in [1.29, 1.82) is 0 Å². The lowest BCUT2D eigenvalue weighted by Crippen LogP contribution is -2.06. The first-order valence-corrected chi connectivity index (χ1v) is 4.08. The summed E-state index contributed by atoms with van der Waals surface area (Å²) in [6, 6.07) is 0. The average Bonchev–Trinajstić information content (AvgIpc) is 2.08. The summed E-state index contributed by atoms with van der Waals surface area (Å²) in [7, 11) is 1.27. The Balaban J connectivity index is 3.13. The summed E-state index contributed by atoms with van der Waals surface area (Å²) >= 11 is 8.55. The molecule has 0 N–H and O–H groups in total. The van der Waals surface area contributed by atoms with Gasteiger partial charge < -0.3 is 4.74 Å². The molecule has 0 aliphatic rings. The molecule has 0 radical (unpaired) electrons. The normalized spacial score (nSPS) is 9.58. The maximum Gasteiger partial charge on any atom is 0.358 e. The molecule has 12 heavy (non-hydrogen) atoms. The molecular formula is C6H4BrClN2O2. The lowest BCUT2D eigenvalue weighted by molar-refractivity contribution is 0.0592. The van der Waals surface area contributed by atoms with E-state index in [1.165, 1.54) is 13.3 Å². The van der Waals surface area contributed by atoms with Crippen LogP contribution in [-0.2, 0) is 4.74 Å². The van der Waals surface area contributed by atoms with Gasteiger partial charge in [-0.1, -0.05) is 0 Å². The molecule has 6 heteroatoms. The molecule has 0 bridgehead atoms. The first kappa shape index (κ1) is 9.41. The Morgan fingerprint density at radius 2 is 2.42 bits per heavy atom. The number of nitrogens with zero attached hydrogens (tertiary/aromatic N) is 2. The number of methoxy groups -OCH3 is 1. The summed E-state index contributed by atoms with van der Waals surface area (Å²) < 4.78 is 4.91. The summed E-state index contributed by atoms with van der Waals surface area (Å²) in [6.07, 6.45) is 1.39. The van der Waals surface area contributed by atoms with E-state index in [1.807, 2.05) is 0 Å². The molecule has 1 rings (SSSR count). The van der Waals surface area contributed by atoms with Crippen molar-refractivity contribution >= 4 is 33.5 Å². The summed E-state index contributed by atoms with van der Waals surface area (Å²) in [5.74, 6) is -0.550. The number of ether oxygens (including phenoxy) is 1. The second kappa shape index (κ2) is 3.82. The molecule has 4 nitrogen and oxygen atoms in total. The molecule has 0 spiro atoms. The molecule has 0 saturated carbocycles. The van der Waals surface area contributed by atoms with Crippen LogP contribution in [-0.4, -0.2) is 23.0 Å².